The number of ether oxygens (including phenoxy) is 1. The summed E-state index contributed by atoms with van der Waals surface area (Å²) in [4.78, 5) is 22.3. The van der Waals surface area contributed by atoms with E-state index in [0.717, 1.165) is 17.4 Å². The van der Waals surface area contributed by atoms with E-state index in [4.69, 9.17) is 4.74 Å². The Balaban J connectivity index is 3.15. The Morgan fingerprint density at radius 3 is 2.65 bits per heavy atom. The predicted octanol–water partition coefficient (Wildman–Crippen LogP) is 2.73. The molecule has 0 saturated heterocycles. The molecule has 92 valence electrons. The molecule has 3 nitrogen and oxygen atoms in total. The summed E-state index contributed by atoms with van der Waals surface area (Å²) in [6.07, 6.45) is 1.16. The molecule has 17 heavy (non-hydrogen) atoms. The first kappa shape index (κ1) is 13.4. The summed E-state index contributed by atoms with van der Waals surface area (Å²) in [5, 5.41) is 0. The highest BCUT2D eigenvalue weighted by Gasteiger charge is 2.15. The molecule has 0 atom stereocenters. The predicted molar refractivity (Wildman–Crippen MR) is 66.3 cm³/mol. The van der Waals surface area contributed by atoms with Crippen molar-refractivity contribution in [1.29, 1.82) is 0 Å². The molecule has 0 aliphatic rings. The Kier molecular flexibility index (Phi) is 4.88. The maximum atomic E-state index is 11.8. The summed E-state index contributed by atoms with van der Waals surface area (Å²) in [7, 11) is 0. The topological polar surface area (TPSA) is 43.4 Å². The first-order valence-corrected chi connectivity index (χ1v) is 5.83. The van der Waals surface area contributed by atoms with Crippen molar-refractivity contribution >= 4 is 12.3 Å². The summed E-state index contributed by atoms with van der Waals surface area (Å²) in [6, 6.07) is 5.53. The van der Waals surface area contributed by atoms with Gasteiger partial charge in [-0.15, -0.1) is 0 Å². The fourth-order valence-electron chi connectivity index (χ4n) is 1.72. The van der Waals surface area contributed by atoms with Crippen LogP contribution in [-0.4, -0.2) is 18.9 Å². The average Bonchev–Trinajstić information content (AvgIpc) is 2.29. The van der Waals surface area contributed by atoms with Crippen molar-refractivity contribution in [1.82, 2.24) is 0 Å². The van der Waals surface area contributed by atoms with E-state index in [-0.39, 0.29) is 11.9 Å². The van der Waals surface area contributed by atoms with Gasteiger partial charge in [0, 0.05) is 6.42 Å². The number of rotatable bonds is 5. The van der Waals surface area contributed by atoms with Crippen LogP contribution in [0.2, 0.25) is 0 Å². The minimum absolute atomic E-state index is 0.250. The number of esters is 1. The summed E-state index contributed by atoms with van der Waals surface area (Å²) in [6.45, 7) is 6.19. The van der Waals surface area contributed by atoms with Crippen molar-refractivity contribution in [2.45, 2.75) is 33.1 Å². The van der Waals surface area contributed by atoms with Crippen LogP contribution in [0, 0.1) is 0 Å². The number of carbonyl (C=O) groups is 2. The Morgan fingerprint density at radius 1 is 1.41 bits per heavy atom. The molecule has 3 heteroatoms. The Bertz CT molecular complexity index is 408. The molecular weight excluding hydrogens is 216 g/mol. The molecule has 0 aliphatic heterocycles. The van der Waals surface area contributed by atoms with Gasteiger partial charge in [-0.05, 0) is 30.0 Å². The molecule has 1 aromatic rings. The van der Waals surface area contributed by atoms with Crippen LogP contribution < -0.4 is 0 Å². The molecule has 0 aliphatic carbocycles. The van der Waals surface area contributed by atoms with Crippen molar-refractivity contribution in [3.05, 3.63) is 34.9 Å². The lowest BCUT2D eigenvalue weighted by atomic mass is 9.94. The van der Waals surface area contributed by atoms with E-state index in [1.807, 2.05) is 26.0 Å². The molecule has 1 aromatic carbocycles. The van der Waals surface area contributed by atoms with Crippen LogP contribution in [0.1, 0.15) is 48.2 Å². The standard InChI is InChI=1S/C14H18O3/c1-4-17-14(16)13-9-11(7-8-15)5-6-12(13)10(2)3/h5-6,8-10H,4,7H2,1-3H3. The number of hydrogen-bond acceptors (Lipinski definition) is 3. The van der Waals surface area contributed by atoms with E-state index in [1.165, 1.54) is 0 Å². The van der Waals surface area contributed by atoms with E-state index in [0.29, 0.717) is 18.6 Å². The molecule has 0 bridgehead atoms. The minimum Gasteiger partial charge on any atom is -0.462 e. The zero-order chi connectivity index (χ0) is 12.8. The highest BCUT2D eigenvalue weighted by Crippen LogP contribution is 2.22. The molecule has 0 heterocycles. The largest absolute Gasteiger partial charge is 0.462 e. The third-order valence-electron chi connectivity index (χ3n) is 2.55. The van der Waals surface area contributed by atoms with Gasteiger partial charge in [0.15, 0.2) is 0 Å². The molecule has 0 amide bonds. The minimum atomic E-state index is -0.316. The molecule has 0 unspecified atom stereocenters. The van der Waals surface area contributed by atoms with Crippen molar-refractivity contribution in [2.24, 2.45) is 0 Å². The monoisotopic (exact) mass is 234 g/mol. The third-order valence-corrected chi connectivity index (χ3v) is 2.55. The number of aldehydes is 1. The highest BCUT2D eigenvalue weighted by atomic mass is 16.5. The van der Waals surface area contributed by atoms with Crippen LogP contribution in [0.4, 0.5) is 0 Å². The lowest BCUT2D eigenvalue weighted by Crippen LogP contribution is -2.10. The average molecular weight is 234 g/mol. The van der Waals surface area contributed by atoms with Crippen LogP contribution in [0.15, 0.2) is 18.2 Å². The molecule has 0 saturated carbocycles. The number of carbonyl (C=O) groups excluding carboxylic acids is 2. The molecule has 0 aromatic heterocycles. The molecule has 0 spiro atoms. The van der Waals surface area contributed by atoms with Crippen molar-refractivity contribution in [3.63, 3.8) is 0 Å². The fourth-order valence-corrected chi connectivity index (χ4v) is 1.72. The SMILES string of the molecule is CCOC(=O)c1cc(CC=O)ccc1C(C)C. The van der Waals surface area contributed by atoms with Crippen molar-refractivity contribution in [3.8, 4) is 0 Å². The summed E-state index contributed by atoms with van der Waals surface area (Å²) in [5.74, 6) is -0.0661. The van der Waals surface area contributed by atoms with Crippen LogP contribution in [0.5, 0.6) is 0 Å². The van der Waals surface area contributed by atoms with Gasteiger partial charge in [-0.3, -0.25) is 0 Å². The maximum absolute atomic E-state index is 11.8. The molecule has 1 rings (SSSR count). The van der Waals surface area contributed by atoms with Crippen molar-refractivity contribution in [2.75, 3.05) is 6.61 Å². The van der Waals surface area contributed by atoms with Gasteiger partial charge < -0.3 is 9.53 Å². The lowest BCUT2D eigenvalue weighted by molar-refractivity contribution is -0.107. The zero-order valence-electron chi connectivity index (χ0n) is 10.5. The second-order valence-corrected chi connectivity index (χ2v) is 4.17. The Labute approximate surface area is 102 Å². The summed E-state index contributed by atoms with van der Waals surface area (Å²) >= 11 is 0. The second-order valence-electron chi connectivity index (χ2n) is 4.17. The van der Waals surface area contributed by atoms with E-state index in [2.05, 4.69) is 0 Å². The van der Waals surface area contributed by atoms with Gasteiger partial charge in [0.05, 0.1) is 12.2 Å². The zero-order valence-corrected chi connectivity index (χ0v) is 10.5. The summed E-state index contributed by atoms with van der Waals surface area (Å²) in [5.41, 5.74) is 2.37. The highest BCUT2D eigenvalue weighted by molar-refractivity contribution is 5.91. The van der Waals surface area contributed by atoms with Crippen molar-refractivity contribution < 1.29 is 14.3 Å². The lowest BCUT2D eigenvalue weighted by Gasteiger charge is -2.13. The van der Waals surface area contributed by atoms with Gasteiger partial charge in [0.25, 0.3) is 0 Å². The molecular formula is C14H18O3. The van der Waals surface area contributed by atoms with E-state index in [1.54, 1.807) is 13.0 Å². The first-order chi connectivity index (χ1) is 8.10. The van der Waals surface area contributed by atoms with Gasteiger partial charge in [-0.25, -0.2) is 4.79 Å². The molecule has 0 fully saturated rings. The second kappa shape index (κ2) is 6.18. The van der Waals surface area contributed by atoms with Crippen LogP contribution in [0.3, 0.4) is 0 Å². The van der Waals surface area contributed by atoms with Crippen LogP contribution in [0.25, 0.3) is 0 Å². The maximum Gasteiger partial charge on any atom is 0.338 e. The Hall–Kier alpha value is -1.64. The first-order valence-electron chi connectivity index (χ1n) is 5.83. The Morgan fingerprint density at radius 2 is 2.12 bits per heavy atom. The third kappa shape index (κ3) is 3.41. The van der Waals surface area contributed by atoms with E-state index >= 15 is 0 Å². The van der Waals surface area contributed by atoms with E-state index < -0.39 is 0 Å². The van der Waals surface area contributed by atoms with Crippen LogP contribution in [-0.2, 0) is 16.0 Å². The normalized spacial score (nSPS) is 10.4. The molecule has 0 N–H and O–H groups in total. The number of hydrogen-bond donors (Lipinski definition) is 0. The van der Waals surface area contributed by atoms with Gasteiger partial charge in [0.2, 0.25) is 0 Å². The van der Waals surface area contributed by atoms with Crippen LogP contribution >= 0.6 is 0 Å². The van der Waals surface area contributed by atoms with Gasteiger partial charge in [-0.2, -0.15) is 0 Å². The van der Waals surface area contributed by atoms with Gasteiger partial charge in [-0.1, -0.05) is 26.0 Å². The quantitative estimate of drug-likeness (QED) is 0.581. The van der Waals surface area contributed by atoms with Gasteiger partial charge in [0.1, 0.15) is 6.29 Å². The fraction of sp³-hybridized carbons (Fsp3) is 0.429. The van der Waals surface area contributed by atoms with Gasteiger partial charge >= 0.3 is 5.97 Å². The van der Waals surface area contributed by atoms with E-state index in [9.17, 15) is 9.59 Å². The number of benzene rings is 1. The summed E-state index contributed by atoms with van der Waals surface area (Å²) < 4.78 is 5.02. The molecule has 0 radical (unpaired) electrons. The smallest absolute Gasteiger partial charge is 0.338 e.